The lowest BCUT2D eigenvalue weighted by molar-refractivity contribution is -0.149. The highest BCUT2D eigenvalue weighted by Crippen LogP contribution is 2.27. The summed E-state index contributed by atoms with van der Waals surface area (Å²) in [6.07, 6.45) is 0.274. The van der Waals surface area contributed by atoms with Gasteiger partial charge in [-0.1, -0.05) is 33.1 Å². The van der Waals surface area contributed by atoms with Crippen molar-refractivity contribution >= 4 is 11.9 Å². The van der Waals surface area contributed by atoms with Gasteiger partial charge in [0.15, 0.2) is 0 Å². The average Bonchev–Trinajstić information content (AvgIpc) is 2.58. The zero-order chi connectivity index (χ0) is 19.0. The van der Waals surface area contributed by atoms with Gasteiger partial charge < -0.3 is 30.5 Å². The predicted molar refractivity (Wildman–Crippen MR) is 89.5 cm³/mol. The summed E-state index contributed by atoms with van der Waals surface area (Å²) < 4.78 is 5.19. The highest BCUT2D eigenvalue weighted by atomic mass is 16.5. The van der Waals surface area contributed by atoms with Crippen LogP contribution in [0.3, 0.4) is 0 Å². The SMILES string of the molecule is CCCCCCC(=O)NCC(O)C(O)C1OC(C(=O)O)=C[C@@H](O)[C@H]1C. The lowest BCUT2D eigenvalue weighted by atomic mass is 9.89. The van der Waals surface area contributed by atoms with Crippen LogP contribution in [0.4, 0.5) is 0 Å². The summed E-state index contributed by atoms with van der Waals surface area (Å²) in [5.41, 5.74) is 0. The van der Waals surface area contributed by atoms with Crippen LogP contribution < -0.4 is 5.32 Å². The van der Waals surface area contributed by atoms with Gasteiger partial charge in [0.2, 0.25) is 11.7 Å². The minimum absolute atomic E-state index is 0.178. The predicted octanol–water partition coefficient (Wildman–Crippen LogP) is 0.159. The van der Waals surface area contributed by atoms with Crippen LogP contribution in [-0.2, 0) is 14.3 Å². The molecule has 0 aromatic carbocycles. The van der Waals surface area contributed by atoms with Gasteiger partial charge in [0, 0.05) is 18.9 Å². The van der Waals surface area contributed by atoms with Crippen molar-refractivity contribution < 1.29 is 34.8 Å². The zero-order valence-corrected chi connectivity index (χ0v) is 14.7. The number of aliphatic hydroxyl groups is 3. The number of unbranched alkanes of at least 4 members (excludes halogenated alkanes) is 3. The van der Waals surface area contributed by atoms with Crippen LogP contribution in [0.25, 0.3) is 0 Å². The number of carbonyl (C=O) groups excluding carboxylic acids is 1. The molecule has 1 amide bonds. The quantitative estimate of drug-likeness (QED) is 0.350. The number of amides is 1. The molecule has 5 N–H and O–H groups in total. The van der Waals surface area contributed by atoms with Gasteiger partial charge >= 0.3 is 5.97 Å². The first-order valence-electron chi connectivity index (χ1n) is 8.70. The third-order valence-electron chi connectivity index (χ3n) is 4.35. The molecule has 0 saturated carbocycles. The maximum atomic E-state index is 11.7. The Balaban J connectivity index is 2.49. The zero-order valence-electron chi connectivity index (χ0n) is 14.7. The van der Waals surface area contributed by atoms with Gasteiger partial charge in [-0.3, -0.25) is 4.79 Å². The second-order valence-electron chi connectivity index (χ2n) is 6.44. The minimum Gasteiger partial charge on any atom is -0.480 e. The fourth-order valence-electron chi connectivity index (χ4n) is 2.66. The van der Waals surface area contributed by atoms with E-state index >= 15 is 0 Å². The molecule has 0 spiro atoms. The molecular weight excluding hydrogens is 330 g/mol. The molecule has 1 rings (SSSR count). The molecule has 0 aromatic rings. The Morgan fingerprint density at radius 1 is 1.28 bits per heavy atom. The van der Waals surface area contributed by atoms with Gasteiger partial charge in [-0.15, -0.1) is 0 Å². The Morgan fingerprint density at radius 3 is 2.56 bits per heavy atom. The summed E-state index contributed by atoms with van der Waals surface area (Å²) in [6, 6.07) is 0. The largest absolute Gasteiger partial charge is 0.480 e. The molecule has 0 radical (unpaired) electrons. The van der Waals surface area contributed by atoms with E-state index < -0.39 is 42.1 Å². The number of carboxylic acid groups (broad SMARTS) is 1. The maximum Gasteiger partial charge on any atom is 0.370 e. The number of hydrogen-bond donors (Lipinski definition) is 5. The topological polar surface area (TPSA) is 136 Å². The van der Waals surface area contributed by atoms with E-state index in [0.717, 1.165) is 31.8 Å². The van der Waals surface area contributed by atoms with Crippen LogP contribution in [0, 0.1) is 5.92 Å². The molecule has 1 aliphatic heterocycles. The fourth-order valence-corrected chi connectivity index (χ4v) is 2.66. The van der Waals surface area contributed by atoms with Crippen LogP contribution in [0.5, 0.6) is 0 Å². The highest BCUT2D eigenvalue weighted by molar-refractivity contribution is 5.84. The smallest absolute Gasteiger partial charge is 0.370 e. The Morgan fingerprint density at radius 2 is 1.96 bits per heavy atom. The van der Waals surface area contributed by atoms with E-state index in [9.17, 15) is 24.9 Å². The number of rotatable bonds is 10. The first-order valence-corrected chi connectivity index (χ1v) is 8.70. The van der Waals surface area contributed by atoms with Crippen molar-refractivity contribution in [2.45, 2.75) is 70.4 Å². The molecular formula is C17H29NO7. The summed E-state index contributed by atoms with van der Waals surface area (Å²) in [6.45, 7) is 3.48. The van der Waals surface area contributed by atoms with Crippen LogP contribution in [0.15, 0.2) is 11.8 Å². The van der Waals surface area contributed by atoms with Gasteiger partial charge in [0.05, 0.1) is 6.10 Å². The lowest BCUT2D eigenvalue weighted by Crippen LogP contribution is -2.51. The summed E-state index contributed by atoms with van der Waals surface area (Å²) in [4.78, 5) is 22.7. The summed E-state index contributed by atoms with van der Waals surface area (Å²) in [5.74, 6) is -2.66. The van der Waals surface area contributed by atoms with Crippen molar-refractivity contribution in [2.24, 2.45) is 5.92 Å². The molecule has 8 nitrogen and oxygen atoms in total. The van der Waals surface area contributed by atoms with Gasteiger partial charge in [0.25, 0.3) is 0 Å². The average molecular weight is 359 g/mol. The van der Waals surface area contributed by atoms with Crippen molar-refractivity contribution in [3.05, 3.63) is 11.8 Å². The molecule has 8 heteroatoms. The highest BCUT2D eigenvalue weighted by Gasteiger charge is 2.40. The number of aliphatic carboxylic acids is 1. The molecule has 0 aromatic heterocycles. The molecule has 0 fully saturated rings. The summed E-state index contributed by atoms with van der Waals surface area (Å²) in [5, 5.41) is 41.7. The Labute approximate surface area is 147 Å². The van der Waals surface area contributed by atoms with Crippen LogP contribution >= 0.6 is 0 Å². The van der Waals surface area contributed by atoms with Crippen LogP contribution in [0.1, 0.15) is 46.0 Å². The Bertz CT molecular complexity index is 480. The van der Waals surface area contributed by atoms with Crippen molar-refractivity contribution in [3.8, 4) is 0 Å². The second kappa shape index (κ2) is 10.4. The monoisotopic (exact) mass is 359 g/mol. The Kier molecular flexibility index (Phi) is 8.88. The number of carboxylic acids is 1. The van der Waals surface area contributed by atoms with Gasteiger partial charge in [-0.25, -0.2) is 4.79 Å². The number of aliphatic hydroxyl groups excluding tert-OH is 3. The normalized spacial score (nSPS) is 25.5. The van der Waals surface area contributed by atoms with Crippen molar-refractivity contribution in [3.63, 3.8) is 0 Å². The van der Waals surface area contributed by atoms with Crippen molar-refractivity contribution in [1.29, 1.82) is 0 Å². The fraction of sp³-hybridized carbons (Fsp3) is 0.765. The molecule has 25 heavy (non-hydrogen) atoms. The lowest BCUT2D eigenvalue weighted by Gasteiger charge is -2.36. The molecule has 0 bridgehead atoms. The second-order valence-corrected chi connectivity index (χ2v) is 6.44. The molecule has 5 atom stereocenters. The van der Waals surface area contributed by atoms with E-state index in [-0.39, 0.29) is 12.5 Å². The van der Waals surface area contributed by atoms with E-state index in [1.54, 1.807) is 6.92 Å². The van der Waals surface area contributed by atoms with Crippen molar-refractivity contribution in [1.82, 2.24) is 5.32 Å². The first kappa shape index (κ1) is 21.4. The van der Waals surface area contributed by atoms with Crippen LogP contribution in [-0.4, -0.2) is 63.3 Å². The van der Waals surface area contributed by atoms with Gasteiger partial charge in [-0.05, 0) is 12.5 Å². The number of hydrogen-bond acceptors (Lipinski definition) is 6. The van der Waals surface area contributed by atoms with Crippen molar-refractivity contribution in [2.75, 3.05) is 6.54 Å². The van der Waals surface area contributed by atoms with Gasteiger partial charge in [-0.2, -0.15) is 0 Å². The molecule has 0 saturated heterocycles. The van der Waals surface area contributed by atoms with E-state index in [4.69, 9.17) is 9.84 Å². The number of carbonyl (C=O) groups is 2. The molecule has 0 aliphatic carbocycles. The van der Waals surface area contributed by atoms with Crippen LogP contribution in [0.2, 0.25) is 0 Å². The third-order valence-corrected chi connectivity index (χ3v) is 4.35. The van der Waals surface area contributed by atoms with E-state index in [0.29, 0.717) is 6.42 Å². The minimum atomic E-state index is -1.45. The standard InChI is InChI=1S/C17H29NO7/c1-3-4-5-6-7-14(21)18-9-12(20)15(22)16-10(2)11(19)8-13(25-16)17(23)24/h8,10-12,15-16,19-20,22H,3-7,9H2,1-2H3,(H,18,21)(H,23,24)/t10-,11-,12?,15?,16?/m1/s1. The molecule has 144 valence electrons. The van der Waals surface area contributed by atoms with E-state index in [1.165, 1.54) is 0 Å². The first-order chi connectivity index (χ1) is 11.8. The number of ether oxygens (including phenoxy) is 1. The third kappa shape index (κ3) is 6.64. The molecule has 1 heterocycles. The van der Waals surface area contributed by atoms with Gasteiger partial charge in [0.1, 0.15) is 18.3 Å². The Hall–Kier alpha value is -1.64. The summed E-state index contributed by atoms with van der Waals surface area (Å²) in [7, 11) is 0. The molecule has 1 aliphatic rings. The number of nitrogens with one attached hydrogen (secondary N) is 1. The summed E-state index contributed by atoms with van der Waals surface area (Å²) >= 11 is 0. The van der Waals surface area contributed by atoms with E-state index in [2.05, 4.69) is 12.2 Å². The maximum absolute atomic E-state index is 11.7. The molecule has 3 unspecified atom stereocenters. The van der Waals surface area contributed by atoms with E-state index in [1.807, 2.05) is 0 Å².